The first-order valence-corrected chi connectivity index (χ1v) is 6.71. The molecule has 21 heavy (non-hydrogen) atoms. The summed E-state index contributed by atoms with van der Waals surface area (Å²) in [4.78, 5) is 38.2. The van der Waals surface area contributed by atoms with Crippen LogP contribution >= 0.6 is 0 Å². The molecule has 1 aromatic rings. The van der Waals surface area contributed by atoms with Gasteiger partial charge in [0.25, 0.3) is 5.91 Å². The number of hydrogen-bond acceptors (Lipinski definition) is 3. The summed E-state index contributed by atoms with van der Waals surface area (Å²) >= 11 is 0. The minimum Gasteiger partial charge on any atom is -0.336 e. The van der Waals surface area contributed by atoms with Crippen molar-refractivity contribution in [3.8, 4) is 0 Å². The zero-order chi connectivity index (χ0) is 15.0. The number of hydrogen-bond donors (Lipinski definition) is 1. The van der Waals surface area contributed by atoms with E-state index in [1.165, 1.54) is 23.1 Å². The molecule has 110 valence electrons. The molecule has 2 fully saturated rings. The number of benzene rings is 1. The van der Waals surface area contributed by atoms with Crippen LogP contribution in [0.15, 0.2) is 24.3 Å². The molecular formula is C14H14FN3O3. The highest BCUT2D eigenvalue weighted by Gasteiger charge is 2.39. The molecule has 0 radical (unpaired) electrons. The molecule has 0 aliphatic carbocycles. The second-order valence-corrected chi connectivity index (χ2v) is 5.10. The van der Waals surface area contributed by atoms with Crippen LogP contribution in [0.2, 0.25) is 0 Å². The summed E-state index contributed by atoms with van der Waals surface area (Å²) in [6.45, 7) is 0.637. The molecule has 3 rings (SSSR count). The lowest BCUT2D eigenvalue weighted by Gasteiger charge is -2.21. The Morgan fingerprint density at radius 1 is 1.29 bits per heavy atom. The van der Waals surface area contributed by atoms with Crippen LogP contribution in [0.3, 0.4) is 0 Å². The summed E-state index contributed by atoms with van der Waals surface area (Å²) < 4.78 is 13.6. The quantitative estimate of drug-likeness (QED) is 0.811. The van der Waals surface area contributed by atoms with E-state index in [9.17, 15) is 18.8 Å². The summed E-state index contributed by atoms with van der Waals surface area (Å²) in [5.41, 5.74) is 0.00958. The number of urea groups is 1. The van der Waals surface area contributed by atoms with E-state index >= 15 is 0 Å². The summed E-state index contributed by atoms with van der Waals surface area (Å²) in [5, 5.41) is 2.46. The predicted molar refractivity (Wildman–Crippen MR) is 71.0 cm³/mol. The Kier molecular flexibility index (Phi) is 3.32. The number of rotatable bonds is 2. The highest BCUT2D eigenvalue weighted by molar-refractivity contribution is 6.02. The Bertz CT molecular complexity index is 603. The van der Waals surface area contributed by atoms with Gasteiger partial charge in [0.1, 0.15) is 5.82 Å². The smallest absolute Gasteiger partial charge is 0.324 e. The van der Waals surface area contributed by atoms with E-state index in [1.54, 1.807) is 6.07 Å². The summed E-state index contributed by atoms with van der Waals surface area (Å²) in [5.74, 6) is -1.27. The van der Waals surface area contributed by atoms with Gasteiger partial charge in [-0.25, -0.2) is 9.18 Å². The molecule has 0 bridgehead atoms. The summed E-state index contributed by atoms with van der Waals surface area (Å²) in [7, 11) is 0. The van der Waals surface area contributed by atoms with Crippen molar-refractivity contribution in [3.05, 3.63) is 35.6 Å². The molecule has 2 heterocycles. The fourth-order valence-electron chi connectivity index (χ4n) is 2.75. The third kappa shape index (κ3) is 2.35. The fraction of sp³-hybridized carbons (Fsp3) is 0.357. The van der Waals surface area contributed by atoms with Gasteiger partial charge in [-0.05, 0) is 18.6 Å². The average Bonchev–Trinajstić information content (AvgIpc) is 3.06. The van der Waals surface area contributed by atoms with Gasteiger partial charge in [-0.15, -0.1) is 0 Å². The first kappa shape index (κ1) is 13.5. The molecule has 6 nitrogen and oxygen atoms in total. The van der Waals surface area contributed by atoms with E-state index in [0.29, 0.717) is 13.0 Å². The highest BCUT2D eigenvalue weighted by atomic mass is 19.1. The molecule has 1 unspecified atom stereocenters. The van der Waals surface area contributed by atoms with Crippen molar-refractivity contribution < 1.29 is 18.8 Å². The normalized spacial score (nSPS) is 21.9. The zero-order valence-electron chi connectivity index (χ0n) is 11.2. The van der Waals surface area contributed by atoms with E-state index in [2.05, 4.69) is 5.32 Å². The van der Waals surface area contributed by atoms with E-state index in [-0.39, 0.29) is 30.6 Å². The molecule has 0 aromatic heterocycles. The highest BCUT2D eigenvalue weighted by Crippen LogP contribution is 2.21. The van der Waals surface area contributed by atoms with Gasteiger partial charge in [0, 0.05) is 13.1 Å². The molecule has 2 saturated heterocycles. The topological polar surface area (TPSA) is 69.7 Å². The lowest BCUT2D eigenvalue weighted by molar-refractivity contribution is -0.126. The van der Waals surface area contributed by atoms with Gasteiger partial charge in [0.05, 0.1) is 18.2 Å². The number of amides is 4. The molecular weight excluding hydrogens is 277 g/mol. The Labute approximate surface area is 120 Å². The van der Waals surface area contributed by atoms with Gasteiger partial charge < -0.3 is 10.2 Å². The number of likely N-dealkylation sites (tertiary alicyclic amines) is 1. The average molecular weight is 291 g/mol. The molecule has 2 aliphatic heterocycles. The minimum atomic E-state index is -0.569. The molecule has 1 atom stereocenters. The molecule has 0 saturated carbocycles. The first-order valence-electron chi connectivity index (χ1n) is 6.71. The van der Waals surface area contributed by atoms with E-state index < -0.39 is 17.8 Å². The van der Waals surface area contributed by atoms with Crippen LogP contribution in [-0.4, -0.2) is 53.3 Å². The number of halogens is 1. The standard InChI is InChI=1S/C14H14FN3O3/c15-11-4-2-1-3-10(11)13(20)17-6-5-9(8-17)18-12(19)7-16-14(18)21/h1-4,9H,5-8H2,(H,16,21). The van der Waals surface area contributed by atoms with Crippen molar-refractivity contribution in [1.29, 1.82) is 0 Å². The molecule has 7 heteroatoms. The Hall–Kier alpha value is -2.44. The SMILES string of the molecule is O=C(c1ccccc1F)N1CCC(N2C(=O)CNC2=O)C1. The third-order valence-electron chi connectivity index (χ3n) is 3.80. The van der Waals surface area contributed by atoms with E-state index in [4.69, 9.17) is 0 Å². The maximum Gasteiger partial charge on any atom is 0.324 e. The number of carbonyl (C=O) groups excluding carboxylic acids is 3. The van der Waals surface area contributed by atoms with Gasteiger partial charge in [-0.3, -0.25) is 14.5 Å². The maximum atomic E-state index is 13.6. The Balaban J connectivity index is 1.73. The van der Waals surface area contributed by atoms with E-state index in [1.807, 2.05) is 0 Å². The first-order chi connectivity index (χ1) is 10.1. The molecule has 1 N–H and O–H groups in total. The number of nitrogens with zero attached hydrogens (tertiary/aromatic N) is 2. The largest absolute Gasteiger partial charge is 0.336 e. The maximum absolute atomic E-state index is 13.6. The molecule has 1 aromatic carbocycles. The number of nitrogens with one attached hydrogen (secondary N) is 1. The Morgan fingerprint density at radius 2 is 2.05 bits per heavy atom. The number of imide groups is 1. The predicted octanol–water partition coefficient (Wildman–Crippen LogP) is 0.592. The molecule has 2 aliphatic rings. The zero-order valence-corrected chi connectivity index (χ0v) is 11.2. The fourth-order valence-corrected chi connectivity index (χ4v) is 2.75. The summed E-state index contributed by atoms with van der Waals surface area (Å²) in [6.07, 6.45) is 0.513. The van der Waals surface area contributed by atoms with E-state index in [0.717, 1.165) is 4.90 Å². The molecule has 0 spiro atoms. The van der Waals surface area contributed by atoms with Crippen LogP contribution in [0.4, 0.5) is 9.18 Å². The monoisotopic (exact) mass is 291 g/mol. The second-order valence-electron chi connectivity index (χ2n) is 5.10. The van der Waals surface area contributed by atoms with Crippen molar-refractivity contribution in [3.63, 3.8) is 0 Å². The van der Waals surface area contributed by atoms with Crippen molar-refractivity contribution in [2.24, 2.45) is 0 Å². The van der Waals surface area contributed by atoms with Gasteiger partial charge in [0.2, 0.25) is 5.91 Å². The van der Waals surface area contributed by atoms with Crippen LogP contribution in [0.25, 0.3) is 0 Å². The third-order valence-corrected chi connectivity index (χ3v) is 3.80. The van der Waals surface area contributed by atoms with Crippen LogP contribution < -0.4 is 5.32 Å². The van der Waals surface area contributed by atoms with Crippen LogP contribution in [0, 0.1) is 5.82 Å². The van der Waals surface area contributed by atoms with Crippen molar-refractivity contribution in [1.82, 2.24) is 15.1 Å². The minimum absolute atomic E-state index is 0.00338. The van der Waals surface area contributed by atoms with Crippen LogP contribution in [-0.2, 0) is 4.79 Å². The lowest BCUT2D eigenvalue weighted by atomic mass is 10.2. The van der Waals surface area contributed by atoms with Gasteiger partial charge >= 0.3 is 6.03 Å². The van der Waals surface area contributed by atoms with Crippen molar-refractivity contribution >= 4 is 17.8 Å². The van der Waals surface area contributed by atoms with Gasteiger partial charge in [-0.1, -0.05) is 12.1 Å². The van der Waals surface area contributed by atoms with Gasteiger partial charge in [0.15, 0.2) is 0 Å². The van der Waals surface area contributed by atoms with Gasteiger partial charge in [-0.2, -0.15) is 0 Å². The molecule has 4 amide bonds. The van der Waals surface area contributed by atoms with Crippen molar-refractivity contribution in [2.45, 2.75) is 12.5 Å². The second kappa shape index (κ2) is 5.16. The summed E-state index contributed by atoms with van der Waals surface area (Å²) in [6, 6.07) is 5.02. The lowest BCUT2D eigenvalue weighted by Crippen LogP contribution is -2.43. The Morgan fingerprint density at radius 3 is 2.71 bits per heavy atom. The van der Waals surface area contributed by atoms with Crippen LogP contribution in [0.5, 0.6) is 0 Å². The van der Waals surface area contributed by atoms with Crippen LogP contribution in [0.1, 0.15) is 16.8 Å². The number of carbonyl (C=O) groups is 3. The van der Waals surface area contributed by atoms with Crippen molar-refractivity contribution in [2.75, 3.05) is 19.6 Å².